The molecule has 6 aromatic rings. The summed E-state index contributed by atoms with van der Waals surface area (Å²) in [5, 5.41) is 6.20. The van der Waals surface area contributed by atoms with Gasteiger partial charge in [-0.25, -0.2) is 0 Å². The molecule has 0 amide bonds. The minimum Gasteiger partial charge on any atom is -0.356 e. The molecule has 5 aromatic carbocycles. The zero-order chi connectivity index (χ0) is 94.7. The molecular formula is C30H21NS104. The molecule has 0 aliphatic heterocycles. The van der Waals surface area contributed by atoms with Gasteiger partial charge in [0.25, 0.3) is 0 Å². The highest BCUT2D eigenvalue weighted by molar-refractivity contribution is 8.88. The van der Waals surface area contributed by atoms with Crippen LogP contribution in [-0.4, -0.2) is 0 Å². The van der Waals surface area contributed by atoms with Gasteiger partial charge in [-0.05, 0) is 52.6 Å². The molecule has 0 fully saturated rings. The summed E-state index contributed by atoms with van der Waals surface area (Å²) >= 11 is 11.5. The van der Waals surface area contributed by atoms with Gasteiger partial charge in [0.15, 0.2) is 0 Å². The van der Waals surface area contributed by atoms with Crippen LogP contribution in [0.2, 0.25) is 0 Å². The molecule has 1 N–H and O–H groups in total. The van der Waals surface area contributed by atoms with E-state index in [2.05, 4.69) is 121 Å². The van der Waals surface area contributed by atoms with Crippen molar-refractivity contribution in [2.24, 2.45) is 0 Å². The van der Waals surface area contributed by atoms with Crippen molar-refractivity contribution >= 4 is 962 Å². The third-order valence-electron chi connectivity index (χ3n) is 8.66. The van der Waals surface area contributed by atoms with Crippen molar-refractivity contribution in [3.8, 4) is 22.3 Å². The third-order valence-corrected chi connectivity index (χ3v) is 232. The Labute approximate surface area is 1080 Å². The lowest BCUT2D eigenvalue weighted by atomic mass is 10.0. The van der Waals surface area contributed by atoms with E-state index in [-0.39, 0.29) is 0 Å². The van der Waals surface area contributed by atoms with Crippen LogP contribution >= 0.6 is 11.3 Å². The number of anilines is 2. The maximum Gasteiger partial charge on any atom is 0.0433 e. The Morgan fingerprint density at radius 2 is 0.304 bits per heavy atom. The molecule has 0 unspecified atom stereocenters. The zero-order valence-corrected chi connectivity index (χ0v) is 144. The second kappa shape index (κ2) is 119. The first kappa shape index (κ1) is 144. The minimum atomic E-state index is 1.09. The van der Waals surface area contributed by atoms with E-state index in [4.69, 9.17) is 22.4 Å². The minimum absolute atomic E-state index is 1.09. The van der Waals surface area contributed by atoms with E-state index >= 15 is 0 Å². The van der Waals surface area contributed by atoms with Crippen molar-refractivity contribution in [1.82, 2.24) is 0 Å². The Morgan fingerprint density at radius 1 is 0.141 bits per heavy atom. The topological polar surface area (TPSA) is 12.0 Å². The predicted octanol–water partition coefficient (Wildman–Crippen LogP) is 8.88. The Bertz CT molecular complexity index is 10300. The third kappa shape index (κ3) is 94.4. The highest BCUT2D eigenvalue weighted by Crippen LogP contribution is 2.40. The molecule has 6 rings (SSSR count). The van der Waals surface area contributed by atoms with Gasteiger partial charge in [0.1, 0.15) is 0 Å². The number of thiophene rings is 1. The molecule has 770 valence electrons. The SMILES string of the molecule is S=S=S=S=S=S=S=S=S=S=S=S=S=S=S=S=S=S=S=S=S=S=S=S=S=S=S=S=S=S=S=S=S=S=S=S=S=S=S=S=S=S=S=S=S=S=S=S=S=S=S=S=S=S=S=S=S=S=S=S=S=S=S=S=S=S=S=S=S=S=S=S=S=S=S=S=S=S=S=S=S=S=S=S=S=S=S=S=S=S=S=S=S=S=S=S=S=S=S=S=S=S=S.c1ccc(-c2ccc(Nc3ccc(-c4cccc5c4sc4ccccc45)cc3)cc2)cc1. The Balaban J connectivity index is 0.000000822. The lowest BCUT2D eigenvalue weighted by Crippen LogP contribution is -1.90. The second-order valence-electron chi connectivity index (χ2n) is 14.8. The van der Waals surface area contributed by atoms with Crippen molar-refractivity contribution in [3.05, 3.63) is 121 Å². The maximum atomic E-state index is 4.83. The van der Waals surface area contributed by atoms with E-state index in [1.807, 2.05) is 790 Å². The van der Waals surface area contributed by atoms with Gasteiger partial charge in [0.05, 0.1) is 0 Å². The number of hydrogen-bond acceptors (Lipinski definition) is 4. The average molecular weight is 3730 g/mol. The number of benzene rings is 5. The molecule has 1 aromatic heterocycles. The quantitative estimate of drug-likeness (QED) is 0.190. The first-order valence-electron chi connectivity index (χ1n) is 27.8. The molecule has 0 bridgehead atoms. The molecule has 135 heavy (non-hydrogen) atoms. The number of nitrogens with one attached hydrogen (secondary N) is 1. The molecule has 105 heteroatoms. The normalized spacial score (nSPS) is 8.65. The highest BCUT2D eigenvalue weighted by Gasteiger charge is 2.10. The van der Waals surface area contributed by atoms with Crippen LogP contribution in [0.1, 0.15) is 0 Å². The Morgan fingerprint density at radius 3 is 0.504 bits per heavy atom. The Kier molecular flexibility index (Phi) is 127. The van der Waals surface area contributed by atoms with Crippen LogP contribution in [0.3, 0.4) is 0 Å². The fourth-order valence-electron chi connectivity index (χ4n) is 5.37. The van der Waals surface area contributed by atoms with Crippen LogP contribution in [-0.2, 0) is 919 Å². The number of fused-ring (bicyclic) bond motifs is 3. The van der Waals surface area contributed by atoms with Crippen LogP contribution in [0.25, 0.3) is 42.4 Å². The molecule has 0 atom stereocenters. The summed E-state index contributed by atoms with van der Waals surface area (Å²) in [6.07, 6.45) is 0. The van der Waals surface area contributed by atoms with E-state index < -0.39 is 0 Å². The van der Waals surface area contributed by atoms with Crippen LogP contribution < -0.4 is 5.32 Å². The molecule has 0 spiro atoms. The standard InChI is InChI=1S/C30H21NS.S103/c1-2-7-21(8-3-1)22-13-17-24(18-14-22)31-25-19-15-23(16-20-25)26-10-6-11-28-27-9-4-5-12-29(27)32-30(26)28;1-3-5-7-9-11-13-15-17-19-21-23-25-27-29-31-33-35-37-39-41-43-45-47-49-51-53-55-57-59-61-63-65-67-69-71-73-75-77-79-81-83-85-87-89-91-93-95-97-99-101-103-102-100-98-96-94-92-90-88-86-84-82-80-78-76-74-72-70-68-66-64-62-60-58-56-54-52-50-48-46-44-42-40-38-36-34-32-30-28-26-24-22-20-18-16-14-12-10-8-6-4-2/h1-20,31H;. The maximum absolute atomic E-state index is 4.83. The smallest absolute Gasteiger partial charge is 0.0433 e. The average Bonchev–Trinajstić information content (AvgIpc) is 1.62. The molecule has 0 aliphatic carbocycles. The number of rotatable bonds is 4. The summed E-state index contributed by atoms with van der Waals surface area (Å²) in [7, 11) is 183. The molecule has 0 saturated heterocycles. The summed E-state index contributed by atoms with van der Waals surface area (Å²) in [4.78, 5) is 0. The first-order valence-corrected chi connectivity index (χ1v) is 165. The van der Waals surface area contributed by atoms with Crippen LogP contribution in [0.5, 0.6) is 0 Å². The lowest BCUT2D eigenvalue weighted by molar-refractivity contribution is 1.54. The second-order valence-corrected chi connectivity index (χ2v) is 195. The largest absolute Gasteiger partial charge is 0.356 e. The van der Waals surface area contributed by atoms with Crippen LogP contribution in [0.15, 0.2) is 121 Å². The van der Waals surface area contributed by atoms with E-state index in [0.29, 0.717) is 0 Å². The summed E-state index contributed by atoms with van der Waals surface area (Å²) in [6, 6.07) is 43.1. The van der Waals surface area contributed by atoms with Gasteiger partial charge in [-0.3, -0.25) is 0 Å². The fraction of sp³-hybridized carbons (Fsp3) is 0. The molecule has 1 heterocycles. The summed E-state index contributed by atoms with van der Waals surface area (Å²) < 4.78 is 2.69. The summed E-state index contributed by atoms with van der Waals surface area (Å²) in [6.45, 7) is 0. The Hall–Kier alpha value is 18.8. The molecule has 0 saturated carbocycles. The van der Waals surface area contributed by atoms with Crippen molar-refractivity contribution in [2.75, 3.05) is 5.32 Å². The van der Waals surface area contributed by atoms with Crippen molar-refractivity contribution < 1.29 is 0 Å². The monoisotopic (exact) mass is 3720 g/mol. The van der Waals surface area contributed by atoms with Crippen molar-refractivity contribution in [2.45, 2.75) is 0 Å². The molecule has 0 radical (unpaired) electrons. The molecular weight excluding hydrogens is 3710 g/mol. The van der Waals surface area contributed by atoms with Gasteiger partial charge in [-0.1, -0.05) is 91.0 Å². The highest BCUT2D eigenvalue weighted by atomic mass is 33.6. The van der Waals surface area contributed by atoms with Crippen LogP contribution in [0, 0.1) is 0 Å². The fourth-order valence-corrected chi connectivity index (χ4v) is 278. The van der Waals surface area contributed by atoms with Gasteiger partial charge in [-0.2, -0.15) is 0 Å². The van der Waals surface area contributed by atoms with Crippen molar-refractivity contribution in [3.63, 3.8) is 0 Å². The molecule has 0 aliphatic rings. The van der Waals surface area contributed by atoms with E-state index in [9.17, 15) is 0 Å². The van der Waals surface area contributed by atoms with Gasteiger partial charge in [0.2, 0.25) is 0 Å². The van der Waals surface area contributed by atoms with E-state index in [1.54, 1.807) is 107 Å². The number of hydrogen-bond donors (Lipinski definition) is 1. The zero-order valence-electron chi connectivity index (χ0n) is 59.5. The van der Waals surface area contributed by atoms with Gasteiger partial charge in [0, 0.05) is 951 Å². The summed E-state index contributed by atoms with van der Waals surface area (Å²) in [5.41, 5.74) is 7.17. The van der Waals surface area contributed by atoms with Gasteiger partial charge in [-0.15, -0.1) is 11.3 Å². The predicted molar refractivity (Wildman–Crippen MR) is 899 cm³/mol. The lowest BCUT2D eigenvalue weighted by Gasteiger charge is -2.09. The van der Waals surface area contributed by atoms with Crippen LogP contribution in [0.4, 0.5) is 11.4 Å². The van der Waals surface area contributed by atoms with Crippen molar-refractivity contribution in [1.29, 1.82) is 0 Å². The van der Waals surface area contributed by atoms with E-state index in [0.717, 1.165) is 11.4 Å². The van der Waals surface area contributed by atoms with E-state index in [1.165, 1.54) is 60.2 Å². The summed E-state index contributed by atoms with van der Waals surface area (Å²) in [5.74, 6) is 0. The molecule has 1 nitrogen and oxygen atoms in total. The van der Waals surface area contributed by atoms with Gasteiger partial charge < -0.3 is 5.32 Å². The first-order chi connectivity index (χ1) is 67.3. The van der Waals surface area contributed by atoms with Gasteiger partial charge >= 0.3 is 0 Å².